The van der Waals surface area contributed by atoms with E-state index >= 15 is 0 Å². The smallest absolute Gasteiger partial charge is 0.387 e. The number of phosphoric acid groups is 3. The van der Waals surface area contributed by atoms with E-state index in [-0.39, 0.29) is 0 Å². The van der Waals surface area contributed by atoms with Crippen LogP contribution in [0.25, 0.3) is 11.2 Å². The SMILES string of the molecule is CCCCSc1ncnc2c1ncn2[C@@H]1O[C@H](COP(=O)(O)OP(=O)(O)OP(=O)(O)O)[C@@H](O)[C@H]1O. The Bertz CT molecular complexity index is 1180. The number of imidazole rings is 1. The Balaban J connectivity index is 1.69. The quantitative estimate of drug-likeness (QED) is 0.0873. The normalized spacial score (nSPS) is 26.6. The molecule has 17 nitrogen and oxygen atoms in total. The third kappa shape index (κ3) is 7.60. The lowest BCUT2D eigenvalue weighted by atomic mass is 10.1. The van der Waals surface area contributed by atoms with Gasteiger partial charge < -0.3 is 34.5 Å². The summed E-state index contributed by atoms with van der Waals surface area (Å²) in [6, 6.07) is 0. The number of hydrogen-bond donors (Lipinski definition) is 6. The first-order valence-electron chi connectivity index (χ1n) is 9.83. The van der Waals surface area contributed by atoms with Crippen molar-refractivity contribution in [1.82, 2.24) is 19.5 Å². The minimum atomic E-state index is -5.70. The van der Waals surface area contributed by atoms with Crippen molar-refractivity contribution in [3.05, 3.63) is 12.7 Å². The van der Waals surface area contributed by atoms with E-state index in [0.29, 0.717) is 16.2 Å². The zero-order valence-electron chi connectivity index (χ0n) is 17.9. The fourth-order valence-corrected chi connectivity index (χ4v) is 7.06. The largest absolute Gasteiger partial charge is 0.490 e. The number of aromatic nitrogens is 4. The van der Waals surface area contributed by atoms with Crippen LogP contribution in [0.4, 0.5) is 0 Å². The maximum Gasteiger partial charge on any atom is 0.490 e. The average molecular weight is 580 g/mol. The van der Waals surface area contributed by atoms with Gasteiger partial charge in [-0.15, -0.1) is 11.8 Å². The molecule has 0 amide bonds. The summed E-state index contributed by atoms with van der Waals surface area (Å²) in [4.78, 5) is 48.5. The number of aliphatic hydroxyl groups excluding tert-OH is 2. The van der Waals surface area contributed by atoms with Crippen LogP contribution in [0.5, 0.6) is 0 Å². The summed E-state index contributed by atoms with van der Waals surface area (Å²) >= 11 is 1.48. The van der Waals surface area contributed by atoms with Gasteiger partial charge in [0.15, 0.2) is 11.9 Å². The highest BCUT2D eigenvalue weighted by Crippen LogP contribution is 2.66. The van der Waals surface area contributed by atoms with E-state index in [9.17, 15) is 33.7 Å². The molecule has 3 rings (SSSR count). The lowest BCUT2D eigenvalue weighted by Gasteiger charge is -2.19. The number of thioether (sulfide) groups is 1. The summed E-state index contributed by atoms with van der Waals surface area (Å²) in [5, 5.41) is 21.4. The first-order valence-corrected chi connectivity index (χ1v) is 15.3. The van der Waals surface area contributed by atoms with Crippen molar-refractivity contribution >= 4 is 46.4 Å². The second kappa shape index (κ2) is 11.3. The Morgan fingerprint density at radius 2 is 1.77 bits per heavy atom. The average Bonchev–Trinajstić information content (AvgIpc) is 3.26. The summed E-state index contributed by atoms with van der Waals surface area (Å²) < 4.78 is 52.6. The highest BCUT2D eigenvalue weighted by molar-refractivity contribution is 7.99. The molecule has 0 spiro atoms. The van der Waals surface area contributed by atoms with Gasteiger partial charge in [0.2, 0.25) is 0 Å². The van der Waals surface area contributed by atoms with E-state index in [1.165, 1.54) is 29.0 Å². The molecule has 21 heteroatoms. The summed E-state index contributed by atoms with van der Waals surface area (Å²) in [7, 11) is -16.7. The van der Waals surface area contributed by atoms with Crippen LogP contribution in [0.2, 0.25) is 0 Å². The van der Waals surface area contributed by atoms with Gasteiger partial charge in [0.05, 0.1) is 12.9 Å². The van der Waals surface area contributed by atoms with E-state index < -0.39 is 54.6 Å². The number of ether oxygens (including phenoxy) is 1. The Morgan fingerprint density at radius 1 is 1.06 bits per heavy atom. The lowest BCUT2D eigenvalue weighted by Crippen LogP contribution is -2.33. The van der Waals surface area contributed by atoms with Crippen molar-refractivity contribution < 1.29 is 61.4 Å². The number of hydrogen-bond acceptors (Lipinski definition) is 13. The molecule has 2 unspecified atom stereocenters. The van der Waals surface area contributed by atoms with Crippen molar-refractivity contribution in [3.63, 3.8) is 0 Å². The van der Waals surface area contributed by atoms with E-state index in [0.717, 1.165) is 18.6 Å². The van der Waals surface area contributed by atoms with Crippen LogP contribution in [0.1, 0.15) is 26.0 Å². The number of rotatable bonds is 12. The molecule has 0 bridgehead atoms. The monoisotopic (exact) mass is 580 g/mol. The van der Waals surface area contributed by atoms with Crippen LogP contribution in [-0.2, 0) is 31.6 Å². The molecule has 198 valence electrons. The highest BCUT2D eigenvalue weighted by Gasteiger charge is 2.47. The predicted molar refractivity (Wildman–Crippen MR) is 117 cm³/mol. The molecule has 3 heterocycles. The molecule has 0 aliphatic carbocycles. The molecule has 1 aliphatic heterocycles. The maximum atomic E-state index is 11.9. The van der Waals surface area contributed by atoms with Crippen molar-refractivity contribution in [3.8, 4) is 0 Å². The Labute approximate surface area is 201 Å². The van der Waals surface area contributed by atoms with Gasteiger partial charge in [-0.25, -0.2) is 28.6 Å². The third-order valence-corrected chi connectivity index (χ3v) is 9.36. The van der Waals surface area contributed by atoms with Gasteiger partial charge in [0.25, 0.3) is 0 Å². The Kier molecular flexibility index (Phi) is 9.28. The van der Waals surface area contributed by atoms with Crippen LogP contribution in [-0.4, -0.2) is 80.0 Å². The van der Waals surface area contributed by atoms with Gasteiger partial charge in [-0.3, -0.25) is 9.09 Å². The van der Waals surface area contributed by atoms with Gasteiger partial charge in [0, 0.05) is 0 Å². The van der Waals surface area contributed by atoms with Crippen LogP contribution in [0, 0.1) is 0 Å². The number of nitrogens with zero attached hydrogens (tertiary/aromatic N) is 4. The molecule has 6 N–H and O–H groups in total. The van der Waals surface area contributed by atoms with E-state index in [4.69, 9.17) is 14.5 Å². The number of fused-ring (bicyclic) bond motifs is 1. The molecular weight excluding hydrogens is 557 g/mol. The fourth-order valence-electron chi connectivity index (χ4n) is 3.00. The third-order valence-electron chi connectivity index (χ3n) is 4.49. The summed E-state index contributed by atoms with van der Waals surface area (Å²) in [5.41, 5.74) is 0.736. The Morgan fingerprint density at radius 3 is 2.43 bits per heavy atom. The van der Waals surface area contributed by atoms with Crippen LogP contribution >= 0.6 is 35.2 Å². The van der Waals surface area contributed by atoms with E-state index in [1.54, 1.807) is 0 Å². The second-order valence-corrected chi connectivity index (χ2v) is 12.6. The Hall–Kier alpha value is -0.810. The zero-order valence-corrected chi connectivity index (χ0v) is 21.4. The van der Waals surface area contributed by atoms with Crippen LogP contribution < -0.4 is 0 Å². The van der Waals surface area contributed by atoms with Gasteiger partial charge in [0.1, 0.15) is 35.2 Å². The molecule has 0 radical (unpaired) electrons. The van der Waals surface area contributed by atoms with E-state index in [2.05, 4.69) is 35.0 Å². The molecule has 1 fully saturated rings. The van der Waals surface area contributed by atoms with Crippen molar-refractivity contribution in [2.75, 3.05) is 12.4 Å². The van der Waals surface area contributed by atoms with E-state index in [1.807, 2.05) is 0 Å². The molecule has 0 saturated carbocycles. The minimum Gasteiger partial charge on any atom is -0.387 e. The summed E-state index contributed by atoms with van der Waals surface area (Å²) in [5.74, 6) is 0.805. The van der Waals surface area contributed by atoms with Crippen LogP contribution in [0.15, 0.2) is 17.7 Å². The standard InChI is InChI=1S/C14H23N4O13P3S/c1-2-3-4-35-13-9-12(15-6-16-13)18(7-17-9)14-11(20)10(19)8(29-14)5-28-33(24,25)31-34(26,27)30-32(21,22)23/h6-8,10-11,14,19-20H,2-5H2,1H3,(H,24,25)(H,26,27)(H2,21,22,23)/t8-,10-,11-,14-/m1/s1. The van der Waals surface area contributed by atoms with Gasteiger partial charge in [-0.05, 0) is 12.2 Å². The lowest BCUT2D eigenvalue weighted by molar-refractivity contribution is -0.0503. The molecule has 1 aliphatic rings. The molecule has 6 atom stereocenters. The highest BCUT2D eigenvalue weighted by atomic mass is 32.2. The molecule has 2 aromatic rings. The topological polar surface area (TPSA) is 253 Å². The molecular formula is C14H23N4O13P3S. The number of unbranched alkanes of at least 4 members (excludes halogenated alkanes) is 1. The molecule has 2 aromatic heterocycles. The van der Waals surface area contributed by atoms with Crippen molar-refractivity contribution in [1.29, 1.82) is 0 Å². The molecule has 35 heavy (non-hydrogen) atoms. The predicted octanol–water partition coefficient (Wildman–Crippen LogP) is 0.681. The van der Waals surface area contributed by atoms with Gasteiger partial charge >= 0.3 is 23.5 Å². The first kappa shape index (κ1) is 28.8. The molecule has 1 saturated heterocycles. The summed E-state index contributed by atoms with van der Waals surface area (Å²) in [6.45, 7) is 1.12. The zero-order chi connectivity index (χ0) is 26.0. The maximum absolute atomic E-state index is 11.9. The number of aliphatic hydroxyl groups is 2. The first-order chi connectivity index (χ1) is 16.2. The van der Waals surface area contributed by atoms with Crippen molar-refractivity contribution in [2.45, 2.75) is 49.3 Å². The van der Waals surface area contributed by atoms with Gasteiger partial charge in [-0.1, -0.05) is 13.3 Å². The molecule has 0 aromatic carbocycles. The van der Waals surface area contributed by atoms with Gasteiger partial charge in [-0.2, -0.15) is 8.62 Å². The summed E-state index contributed by atoms with van der Waals surface area (Å²) in [6.07, 6.45) is -1.31. The second-order valence-electron chi connectivity index (χ2n) is 7.14. The minimum absolute atomic E-state index is 0.295. The fraction of sp³-hybridized carbons (Fsp3) is 0.643. The van der Waals surface area contributed by atoms with Crippen molar-refractivity contribution in [2.24, 2.45) is 0 Å². The van der Waals surface area contributed by atoms with Crippen LogP contribution in [0.3, 0.4) is 0 Å². The number of phosphoric ester groups is 1.